The number of aromatic nitrogens is 4. The zero-order valence-corrected chi connectivity index (χ0v) is 32.8. The minimum atomic E-state index is -0.803. The molecule has 0 radical (unpaired) electrons. The molecule has 4 atom stereocenters. The van der Waals surface area contributed by atoms with Gasteiger partial charge in [-0.3, -0.25) is 9.59 Å². The summed E-state index contributed by atoms with van der Waals surface area (Å²) in [5.41, 5.74) is 3.06. The zero-order chi connectivity index (χ0) is 40.1. The lowest BCUT2D eigenvalue weighted by molar-refractivity contribution is -0.136. The molecule has 2 aromatic heterocycles. The molecule has 4 N–H and O–H groups in total. The van der Waals surface area contributed by atoms with E-state index >= 15 is 0 Å². The number of amides is 4. The van der Waals surface area contributed by atoms with E-state index in [2.05, 4.69) is 38.8 Å². The number of nitrogens with one attached hydrogen (secondary N) is 4. The summed E-state index contributed by atoms with van der Waals surface area (Å²) >= 11 is 0. The van der Waals surface area contributed by atoms with Crippen LogP contribution in [0.2, 0.25) is 0 Å². The van der Waals surface area contributed by atoms with Gasteiger partial charge in [-0.2, -0.15) is 5.26 Å². The molecule has 1 aromatic carbocycles. The van der Waals surface area contributed by atoms with Crippen LogP contribution in [0.3, 0.4) is 0 Å². The van der Waals surface area contributed by atoms with Gasteiger partial charge in [0.05, 0.1) is 54.7 Å². The van der Waals surface area contributed by atoms with E-state index in [9.17, 15) is 24.4 Å². The third-order valence-corrected chi connectivity index (χ3v) is 11.2. The number of ether oxygens (including phenoxy) is 2. The van der Waals surface area contributed by atoms with E-state index in [1.165, 1.54) is 14.2 Å². The van der Waals surface area contributed by atoms with Crippen molar-refractivity contribution in [1.82, 2.24) is 40.4 Å². The number of carbonyl (C=O) groups excluding carboxylic acids is 4. The van der Waals surface area contributed by atoms with Crippen molar-refractivity contribution >= 4 is 29.6 Å². The maximum atomic E-state index is 13.9. The van der Waals surface area contributed by atoms with Crippen LogP contribution in [0.1, 0.15) is 106 Å². The zero-order valence-electron chi connectivity index (χ0n) is 32.8. The topological polar surface area (TPSA) is 198 Å². The second-order valence-electron chi connectivity index (χ2n) is 15.3. The molecule has 2 fully saturated rings. The van der Waals surface area contributed by atoms with Crippen molar-refractivity contribution in [2.24, 2.45) is 11.8 Å². The molecule has 3 aromatic rings. The van der Waals surface area contributed by atoms with Crippen LogP contribution in [0.4, 0.5) is 9.59 Å². The third kappa shape index (κ3) is 7.78. The predicted octanol–water partition coefficient (Wildman–Crippen LogP) is 5.42. The Hall–Kier alpha value is -5.91. The SMILES string of the molecule is COC(=O)NC(C(=O)N1CCCC1c1ncc(C2(c3cnc(C4CCCN4C(=O)C(NC(=O)OC)C(C)C)[nH]3)C=CC(c3ccccc3C#N)=CC2)[nH]1)C(C)C. The average molecular weight is 766 g/mol. The molecular formula is C41H51N9O6. The lowest BCUT2D eigenvalue weighted by atomic mass is 9.74. The molecule has 15 heteroatoms. The number of nitrogens with zero attached hydrogens (tertiary/aromatic N) is 5. The highest BCUT2D eigenvalue weighted by Gasteiger charge is 2.42. The number of carbonyl (C=O) groups is 4. The number of hydrogen-bond acceptors (Lipinski definition) is 9. The third-order valence-electron chi connectivity index (χ3n) is 11.2. The molecule has 0 saturated carbocycles. The fraction of sp³-hybridized carbons (Fsp3) is 0.488. The number of nitriles is 1. The number of aromatic amines is 2. The monoisotopic (exact) mass is 765 g/mol. The van der Waals surface area contributed by atoms with E-state index in [0.717, 1.165) is 35.4 Å². The Morgan fingerprint density at radius 3 is 1.77 bits per heavy atom. The molecule has 56 heavy (non-hydrogen) atoms. The first-order valence-corrected chi connectivity index (χ1v) is 19.2. The van der Waals surface area contributed by atoms with Gasteiger partial charge in [-0.25, -0.2) is 19.6 Å². The Bertz CT molecular complexity index is 1940. The number of imidazole rings is 2. The number of likely N-dealkylation sites (tertiary alicyclic amines) is 2. The quantitative estimate of drug-likeness (QED) is 0.197. The lowest BCUT2D eigenvalue weighted by Gasteiger charge is -2.32. The first-order chi connectivity index (χ1) is 26.9. The molecule has 4 heterocycles. The second-order valence-corrected chi connectivity index (χ2v) is 15.3. The molecule has 296 valence electrons. The van der Waals surface area contributed by atoms with Gasteiger partial charge in [-0.05, 0) is 61.1 Å². The van der Waals surface area contributed by atoms with Gasteiger partial charge in [0.15, 0.2) is 0 Å². The van der Waals surface area contributed by atoms with E-state index in [1.54, 1.807) is 28.3 Å². The van der Waals surface area contributed by atoms with E-state index < -0.39 is 29.7 Å². The Morgan fingerprint density at radius 1 is 0.839 bits per heavy atom. The van der Waals surface area contributed by atoms with Gasteiger partial charge < -0.3 is 39.9 Å². The Morgan fingerprint density at radius 2 is 1.34 bits per heavy atom. The Labute approximate surface area is 326 Å². The summed E-state index contributed by atoms with van der Waals surface area (Å²) in [6.07, 6.45) is 11.9. The summed E-state index contributed by atoms with van der Waals surface area (Å²) in [5.74, 6) is 0.537. The molecule has 2 aliphatic heterocycles. The van der Waals surface area contributed by atoms with Gasteiger partial charge in [0.2, 0.25) is 11.8 Å². The molecule has 15 nitrogen and oxygen atoms in total. The number of methoxy groups -OCH3 is 2. The van der Waals surface area contributed by atoms with Gasteiger partial charge in [-0.15, -0.1) is 0 Å². The summed E-state index contributed by atoms with van der Waals surface area (Å²) < 4.78 is 9.61. The predicted molar refractivity (Wildman–Crippen MR) is 207 cm³/mol. The second kappa shape index (κ2) is 16.8. The molecule has 3 aliphatic rings. The highest BCUT2D eigenvalue weighted by Crippen LogP contribution is 2.43. The number of allylic oxidation sites excluding steroid dienone is 4. The summed E-state index contributed by atoms with van der Waals surface area (Å²) in [6.45, 7) is 8.57. The number of hydrogen-bond donors (Lipinski definition) is 4. The van der Waals surface area contributed by atoms with Gasteiger partial charge >= 0.3 is 12.2 Å². The van der Waals surface area contributed by atoms with Gasteiger partial charge in [-0.1, -0.05) is 64.1 Å². The molecular weight excluding hydrogens is 715 g/mol. The van der Waals surface area contributed by atoms with Crippen LogP contribution < -0.4 is 10.6 Å². The minimum Gasteiger partial charge on any atom is -0.453 e. The largest absolute Gasteiger partial charge is 0.453 e. The first kappa shape index (κ1) is 39.8. The van der Waals surface area contributed by atoms with Crippen molar-refractivity contribution in [1.29, 1.82) is 5.26 Å². The fourth-order valence-corrected chi connectivity index (χ4v) is 8.07. The molecule has 2 saturated heterocycles. The number of H-pyrrole nitrogens is 2. The fourth-order valence-electron chi connectivity index (χ4n) is 8.07. The smallest absolute Gasteiger partial charge is 0.407 e. The molecule has 0 bridgehead atoms. The number of rotatable bonds is 11. The molecule has 4 amide bonds. The first-order valence-electron chi connectivity index (χ1n) is 19.2. The van der Waals surface area contributed by atoms with Crippen LogP contribution in [0.25, 0.3) is 5.57 Å². The number of alkyl carbamates (subject to hydrolysis) is 2. The van der Waals surface area contributed by atoms with E-state index in [-0.39, 0.29) is 35.7 Å². The minimum absolute atomic E-state index is 0.168. The average Bonchev–Trinajstić information content (AvgIpc) is 4.05. The highest BCUT2D eigenvalue weighted by molar-refractivity contribution is 5.87. The van der Waals surface area contributed by atoms with Gasteiger partial charge in [0, 0.05) is 25.5 Å². The molecule has 0 spiro atoms. The normalized spacial score (nSPS) is 21.7. The van der Waals surface area contributed by atoms with Crippen LogP contribution >= 0.6 is 0 Å². The summed E-state index contributed by atoms with van der Waals surface area (Å²) in [7, 11) is 2.55. The van der Waals surface area contributed by atoms with E-state index in [1.807, 2.05) is 52.0 Å². The van der Waals surface area contributed by atoms with Crippen LogP contribution in [0, 0.1) is 23.2 Å². The van der Waals surface area contributed by atoms with Crippen LogP contribution in [-0.4, -0.2) is 93.1 Å². The molecule has 4 unspecified atom stereocenters. The van der Waals surface area contributed by atoms with Gasteiger partial charge in [0.1, 0.15) is 23.7 Å². The van der Waals surface area contributed by atoms with Crippen molar-refractivity contribution < 1.29 is 28.7 Å². The lowest BCUT2D eigenvalue weighted by Crippen LogP contribution is -2.51. The van der Waals surface area contributed by atoms with E-state index in [0.29, 0.717) is 49.6 Å². The van der Waals surface area contributed by atoms with Crippen LogP contribution in [-0.2, 0) is 24.5 Å². The van der Waals surface area contributed by atoms with Crippen molar-refractivity contribution in [2.75, 3.05) is 27.3 Å². The van der Waals surface area contributed by atoms with Crippen molar-refractivity contribution in [3.05, 3.63) is 89.1 Å². The van der Waals surface area contributed by atoms with E-state index in [4.69, 9.17) is 19.4 Å². The molecule has 1 aliphatic carbocycles. The molecule has 6 rings (SSSR count). The van der Waals surface area contributed by atoms with Crippen LogP contribution in [0.15, 0.2) is 54.9 Å². The summed E-state index contributed by atoms with van der Waals surface area (Å²) in [6, 6.07) is 7.59. The highest BCUT2D eigenvalue weighted by atomic mass is 16.5. The van der Waals surface area contributed by atoms with Crippen molar-refractivity contribution in [3.63, 3.8) is 0 Å². The van der Waals surface area contributed by atoms with Gasteiger partial charge in [0.25, 0.3) is 0 Å². The summed E-state index contributed by atoms with van der Waals surface area (Å²) in [5, 5.41) is 15.3. The van der Waals surface area contributed by atoms with Crippen LogP contribution in [0.5, 0.6) is 0 Å². The Balaban J connectivity index is 1.34. The summed E-state index contributed by atoms with van der Waals surface area (Å²) in [4.78, 5) is 72.5. The van der Waals surface area contributed by atoms with Crippen molar-refractivity contribution in [3.8, 4) is 6.07 Å². The van der Waals surface area contributed by atoms with Crippen molar-refractivity contribution in [2.45, 2.75) is 89.4 Å². The maximum absolute atomic E-state index is 13.9. The standard InChI is InChI=1S/C41H51N9O6/c1-24(2)33(47-39(53)55-5)37(51)49-19-9-13-29(49)35-43-22-31(45-35)41(17-15-26(16-18-41)28-12-8-7-11-27(28)21-42)32-23-44-36(46-32)30-14-10-20-50(30)38(52)34(25(3)4)48-40(54)56-6/h7-8,11-12,15-17,22-25,29-30,33-34H,9-10,13-14,18-20H2,1-6H3,(H,43,45)(H,44,46)(H,47,53)(H,48,54). The number of benzene rings is 1. The maximum Gasteiger partial charge on any atom is 0.407 e. The Kier molecular flexibility index (Phi) is 12.0.